The molecule has 0 aliphatic rings. The first-order valence-corrected chi connectivity index (χ1v) is 5.66. The second-order valence-electron chi connectivity index (χ2n) is 4.53. The molecule has 0 aliphatic heterocycles. The van der Waals surface area contributed by atoms with E-state index in [0.29, 0.717) is 0 Å². The summed E-state index contributed by atoms with van der Waals surface area (Å²) < 4.78 is 0. The smallest absolute Gasteiger partial charge is 0.0355 e. The fourth-order valence-corrected chi connectivity index (χ4v) is 2.06. The van der Waals surface area contributed by atoms with Crippen LogP contribution in [0.2, 0.25) is 0 Å². The third-order valence-electron chi connectivity index (χ3n) is 3.13. The molecule has 17 heavy (non-hydrogen) atoms. The van der Waals surface area contributed by atoms with Crippen molar-refractivity contribution in [1.82, 2.24) is 0 Å². The highest BCUT2D eigenvalue weighted by Crippen LogP contribution is 2.38. The van der Waals surface area contributed by atoms with Gasteiger partial charge in [-0.3, -0.25) is 0 Å². The van der Waals surface area contributed by atoms with Crippen LogP contribution in [0.15, 0.2) is 55.6 Å². The van der Waals surface area contributed by atoms with Gasteiger partial charge in [0.2, 0.25) is 0 Å². The number of hydrogen-bond donors (Lipinski definition) is 1. The summed E-state index contributed by atoms with van der Waals surface area (Å²) in [6.45, 7) is 9.82. The van der Waals surface area contributed by atoms with Crippen molar-refractivity contribution in [3.63, 3.8) is 0 Å². The van der Waals surface area contributed by atoms with Gasteiger partial charge in [0.05, 0.1) is 0 Å². The number of benzene rings is 1. The van der Waals surface area contributed by atoms with Crippen molar-refractivity contribution in [3.8, 4) is 0 Å². The van der Waals surface area contributed by atoms with Crippen molar-refractivity contribution in [2.45, 2.75) is 25.8 Å². The van der Waals surface area contributed by atoms with Crippen LogP contribution in [0.25, 0.3) is 0 Å². The Morgan fingerprint density at radius 2 is 1.65 bits per heavy atom. The molecule has 0 spiro atoms. The molecule has 0 bridgehead atoms. The van der Waals surface area contributed by atoms with E-state index in [4.69, 9.17) is 5.73 Å². The molecule has 0 radical (unpaired) electrons. The van der Waals surface area contributed by atoms with E-state index >= 15 is 0 Å². The predicted octanol–water partition coefficient (Wildman–Crippen LogP) is 4.46. The molecule has 1 atom stereocenters. The molecule has 1 unspecified atom stereocenters. The van der Waals surface area contributed by atoms with Crippen LogP contribution in [0.4, 0.5) is 0 Å². The third kappa shape index (κ3) is 4.28. The van der Waals surface area contributed by atoms with Gasteiger partial charge in [-0.05, 0) is 23.8 Å². The summed E-state index contributed by atoms with van der Waals surface area (Å²) >= 11 is 0. The zero-order chi connectivity index (χ0) is 12.0. The molecule has 1 rings (SSSR count). The van der Waals surface area contributed by atoms with Crippen molar-refractivity contribution in [2.24, 2.45) is 11.1 Å². The average Bonchev–Trinajstić information content (AvgIpc) is 2.30. The Bertz CT molecular complexity index is 335. The van der Waals surface area contributed by atoms with Gasteiger partial charge < -0.3 is 5.73 Å². The van der Waals surface area contributed by atoms with Crippen LogP contribution in [-0.2, 0) is 0 Å². The van der Waals surface area contributed by atoms with E-state index in [1.54, 1.807) is 0 Å². The summed E-state index contributed by atoms with van der Waals surface area (Å²) in [4.78, 5) is 0. The Balaban J connectivity index is 0.00000256. The van der Waals surface area contributed by atoms with E-state index in [2.05, 4.69) is 32.2 Å². The Hall–Kier alpha value is -0.610. The van der Waals surface area contributed by atoms with Crippen LogP contribution in [-0.4, -0.2) is 0 Å². The lowest BCUT2D eigenvalue weighted by Crippen LogP contribution is -2.31. The maximum absolute atomic E-state index is 6.35. The van der Waals surface area contributed by atoms with Crippen molar-refractivity contribution >= 4 is 24.0 Å². The van der Waals surface area contributed by atoms with E-state index < -0.39 is 0 Å². The number of allylic oxidation sites excluding steroid dienone is 2. The van der Waals surface area contributed by atoms with Crippen LogP contribution in [0.5, 0.6) is 0 Å². The SMILES string of the molecule is C=CCC(C)(CC=C)C(N)c1ccccc1.I. The Morgan fingerprint density at radius 1 is 1.18 bits per heavy atom. The van der Waals surface area contributed by atoms with Gasteiger partial charge in [0.15, 0.2) is 0 Å². The van der Waals surface area contributed by atoms with Crippen molar-refractivity contribution in [2.75, 3.05) is 0 Å². The highest BCUT2D eigenvalue weighted by molar-refractivity contribution is 14.0. The third-order valence-corrected chi connectivity index (χ3v) is 3.13. The largest absolute Gasteiger partial charge is 0.323 e. The molecule has 0 saturated heterocycles. The summed E-state index contributed by atoms with van der Waals surface area (Å²) in [6.07, 6.45) is 5.67. The topological polar surface area (TPSA) is 26.0 Å². The quantitative estimate of drug-likeness (QED) is 0.599. The molecule has 2 heteroatoms. The molecule has 0 amide bonds. The van der Waals surface area contributed by atoms with Gasteiger partial charge in [0, 0.05) is 6.04 Å². The summed E-state index contributed by atoms with van der Waals surface area (Å²) in [6, 6.07) is 10.2. The monoisotopic (exact) mass is 343 g/mol. The van der Waals surface area contributed by atoms with E-state index in [1.807, 2.05) is 30.4 Å². The van der Waals surface area contributed by atoms with Gasteiger partial charge >= 0.3 is 0 Å². The molecule has 0 aromatic heterocycles. The lowest BCUT2D eigenvalue weighted by atomic mass is 9.74. The van der Waals surface area contributed by atoms with Gasteiger partial charge in [0.25, 0.3) is 0 Å². The van der Waals surface area contributed by atoms with Crippen LogP contribution in [0.3, 0.4) is 0 Å². The lowest BCUT2D eigenvalue weighted by molar-refractivity contribution is 0.262. The van der Waals surface area contributed by atoms with Gasteiger partial charge in [-0.1, -0.05) is 49.4 Å². The maximum Gasteiger partial charge on any atom is 0.0355 e. The average molecular weight is 343 g/mol. The van der Waals surface area contributed by atoms with Crippen LogP contribution in [0, 0.1) is 5.41 Å². The molecule has 0 fully saturated rings. The first-order chi connectivity index (χ1) is 7.64. The summed E-state index contributed by atoms with van der Waals surface area (Å²) in [7, 11) is 0. The number of rotatable bonds is 6. The van der Waals surface area contributed by atoms with Gasteiger partial charge in [-0.2, -0.15) is 0 Å². The second-order valence-corrected chi connectivity index (χ2v) is 4.53. The van der Waals surface area contributed by atoms with Crippen molar-refractivity contribution in [1.29, 1.82) is 0 Å². The zero-order valence-corrected chi connectivity index (χ0v) is 12.8. The Morgan fingerprint density at radius 3 is 2.06 bits per heavy atom. The first-order valence-electron chi connectivity index (χ1n) is 5.66. The van der Waals surface area contributed by atoms with E-state index in [1.165, 1.54) is 5.56 Å². The Kier molecular flexibility index (Phi) is 7.39. The minimum atomic E-state index is 0. The summed E-state index contributed by atoms with van der Waals surface area (Å²) in [5, 5.41) is 0. The zero-order valence-electron chi connectivity index (χ0n) is 10.4. The number of hydrogen-bond acceptors (Lipinski definition) is 1. The standard InChI is InChI=1S/C15H21N.HI/c1-4-11-15(3,12-5-2)14(16)13-9-7-6-8-10-13;/h4-10,14H,1-2,11-12,16H2,3H3;1H. The highest BCUT2D eigenvalue weighted by Gasteiger charge is 2.30. The Labute approximate surface area is 122 Å². The summed E-state index contributed by atoms with van der Waals surface area (Å²) in [5.74, 6) is 0. The van der Waals surface area contributed by atoms with E-state index in [-0.39, 0.29) is 35.4 Å². The molecule has 94 valence electrons. The molecule has 2 N–H and O–H groups in total. The minimum Gasteiger partial charge on any atom is -0.323 e. The normalized spacial score (nSPS) is 12.4. The van der Waals surface area contributed by atoms with Crippen LogP contribution in [0.1, 0.15) is 31.4 Å². The lowest BCUT2D eigenvalue weighted by Gasteiger charge is -2.34. The molecule has 0 heterocycles. The fraction of sp³-hybridized carbons (Fsp3) is 0.333. The molecular formula is C15H22IN. The summed E-state index contributed by atoms with van der Waals surface area (Å²) in [5.41, 5.74) is 7.53. The van der Waals surface area contributed by atoms with E-state index in [0.717, 1.165) is 12.8 Å². The molecular weight excluding hydrogens is 321 g/mol. The fourth-order valence-electron chi connectivity index (χ4n) is 2.06. The van der Waals surface area contributed by atoms with Crippen molar-refractivity contribution in [3.05, 3.63) is 61.2 Å². The van der Waals surface area contributed by atoms with Crippen LogP contribution < -0.4 is 5.73 Å². The van der Waals surface area contributed by atoms with Crippen molar-refractivity contribution < 1.29 is 0 Å². The number of halogens is 1. The number of nitrogens with two attached hydrogens (primary N) is 1. The molecule has 0 saturated carbocycles. The second kappa shape index (κ2) is 7.67. The minimum absolute atomic E-state index is 0. The maximum atomic E-state index is 6.35. The molecule has 0 aliphatic carbocycles. The molecule has 1 nitrogen and oxygen atoms in total. The predicted molar refractivity (Wildman–Crippen MR) is 86.5 cm³/mol. The first kappa shape index (κ1) is 16.4. The molecule has 1 aromatic carbocycles. The van der Waals surface area contributed by atoms with Gasteiger partial charge in [-0.15, -0.1) is 37.1 Å². The van der Waals surface area contributed by atoms with Gasteiger partial charge in [0.1, 0.15) is 0 Å². The van der Waals surface area contributed by atoms with E-state index in [9.17, 15) is 0 Å². The van der Waals surface area contributed by atoms with Gasteiger partial charge in [-0.25, -0.2) is 0 Å². The molecule has 1 aromatic rings. The van der Waals surface area contributed by atoms with Crippen LogP contribution >= 0.6 is 24.0 Å². The highest BCUT2D eigenvalue weighted by atomic mass is 127.